The number of unbranched alkanes of at least 4 members (excludes halogenated alkanes) is 1. The Morgan fingerprint density at radius 1 is 1.22 bits per heavy atom. The van der Waals surface area contributed by atoms with Crippen molar-refractivity contribution >= 4 is 35.8 Å². The number of carbonyl (C=O) groups is 1. The zero-order valence-electron chi connectivity index (χ0n) is 11.7. The molecule has 0 heterocycles. The number of hydrogen-bond acceptors (Lipinski definition) is 2. The van der Waals surface area contributed by atoms with Crippen LogP contribution in [0.4, 0.5) is 0 Å². The van der Waals surface area contributed by atoms with Crippen LogP contribution in [0.5, 0.6) is 0 Å². The van der Waals surface area contributed by atoms with E-state index in [0.717, 1.165) is 25.8 Å². The van der Waals surface area contributed by atoms with Crippen LogP contribution in [0.3, 0.4) is 0 Å². The van der Waals surface area contributed by atoms with Gasteiger partial charge < -0.3 is 16.4 Å². The van der Waals surface area contributed by atoms with Gasteiger partial charge in [0.25, 0.3) is 0 Å². The van der Waals surface area contributed by atoms with Crippen molar-refractivity contribution < 1.29 is 4.79 Å². The van der Waals surface area contributed by atoms with Crippen molar-refractivity contribution in [3.63, 3.8) is 0 Å². The Morgan fingerprint density at radius 2 is 1.83 bits per heavy atom. The molecule has 0 fully saturated rings. The van der Waals surface area contributed by atoms with Crippen LogP contribution in [0.1, 0.15) is 40.0 Å². The molecule has 0 aliphatic heterocycles. The number of hydrogen-bond donors (Lipinski definition) is 3. The van der Waals surface area contributed by atoms with Crippen molar-refractivity contribution in [3.05, 3.63) is 0 Å². The zero-order chi connectivity index (χ0) is 13.1. The molecule has 0 atom stereocenters. The molecule has 0 aliphatic carbocycles. The van der Waals surface area contributed by atoms with Crippen molar-refractivity contribution in [1.82, 2.24) is 10.6 Å². The first-order chi connectivity index (χ1) is 8.07. The van der Waals surface area contributed by atoms with E-state index in [0.29, 0.717) is 19.0 Å². The minimum Gasteiger partial charge on any atom is -0.370 e. The number of amides is 1. The zero-order valence-corrected chi connectivity index (χ0v) is 14.0. The molecule has 5 nitrogen and oxygen atoms in total. The predicted octanol–water partition coefficient (Wildman–Crippen LogP) is 1.47. The third-order valence-electron chi connectivity index (χ3n) is 2.28. The van der Waals surface area contributed by atoms with Gasteiger partial charge in [0.2, 0.25) is 5.91 Å². The second kappa shape index (κ2) is 12.9. The number of nitrogens with one attached hydrogen (secondary N) is 2. The second-order valence-electron chi connectivity index (χ2n) is 4.35. The maximum absolute atomic E-state index is 11.2. The summed E-state index contributed by atoms with van der Waals surface area (Å²) in [6, 6.07) is 0. The Kier molecular flexibility index (Phi) is 14.2. The summed E-state index contributed by atoms with van der Waals surface area (Å²) in [4.78, 5) is 15.4. The van der Waals surface area contributed by atoms with Crippen LogP contribution < -0.4 is 16.4 Å². The highest BCUT2D eigenvalue weighted by molar-refractivity contribution is 14.0. The number of halogens is 1. The summed E-state index contributed by atoms with van der Waals surface area (Å²) in [5, 5.41) is 5.88. The van der Waals surface area contributed by atoms with E-state index in [1.807, 2.05) is 13.8 Å². The second-order valence-corrected chi connectivity index (χ2v) is 4.35. The first kappa shape index (κ1) is 19.8. The molecule has 0 aliphatic rings. The molecule has 0 radical (unpaired) electrons. The lowest BCUT2D eigenvalue weighted by Gasteiger charge is -2.07. The average Bonchev–Trinajstić information content (AvgIpc) is 2.28. The maximum Gasteiger partial charge on any atom is 0.222 e. The highest BCUT2D eigenvalue weighted by Crippen LogP contribution is 1.90. The largest absolute Gasteiger partial charge is 0.370 e. The van der Waals surface area contributed by atoms with Crippen molar-refractivity contribution in [2.45, 2.75) is 40.0 Å². The Labute approximate surface area is 127 Å². The summed E-state index contributed by atoms with van der Waals surface area (Å²) in [5.74, 6) is 0.621. The molecular formula is C12H27IN4O. The van der Waals surface area contributed by atoms with E-state index in [1.54, 1.807) is 0 Å². The quantitative estimate of drug-likeness (QED) is 0.262. The molecule has 0 saturated heterocycles. The van der Waals surface area contributed by atoms with E-state index in [1.165, 1.54) is 0 Å². The Hall–Kier alpha value is -0.530. The minimum absolute atomic E-state index is 0. The molecule has 0 aromatic heterocycles. The standard InChI is InChI=1S/C12H26N4O.HI/c1-4-5-7-15-12(13)16-9-6-8-14-11(17)10(2)3;/h10H,4-9H2,1-3H3,(H,14,17)(H3,13,15,16);1H. The van der Waals surface area contributed by atoms with Crippen LogP contribution in [0.15, 0.2) is 4.99 Å². The van der Waals surface area contributed by atoms with Crippen LogP contribution >= 0.6 is 24.0 Å². The minimum atomic E-state index is 0. The highest BCUT2D eigenvalue weighted by atomic mass is 127. The normalized spacial score (nSPS) is 11.0. The van der Waals surface area contributed by atoms with E-state index >= 15 is 0 Å². The van der Waals surface area contributed by atoms with Crippen molar-refractivity contribution in [3.8, 4) is 0 Å². The molecule has 0 saturated carbocycles. The third kappa shape index (κ3) is 11.9. The molecule has 4 N–H and O–H groups in total. The van der Waals surface area contributed by atoms with Crippen LogP contribution in [0.2, 0.25) is 0 Å². The monoisotopic (exact) mass is 370 g/mol. The number of nitrogens with zero attached hydrogens (tertiary/aromatic N) is 1. The summed E-state index contributed by atoms with van der Waals surface area (Å²) in [7, 11) is 0. The van der Waals surface area contributed by atoms with Crippen molar-refractivity contribution in [2.75, 3.05) is 19.6 Å². The Bertz CT molecular complexity index is 244. The molecule has 6 heteroatoms. The van der Waals surface area contributed by atoms with Gasteiger partial charge in [-0.15, -0.1) is 24.0 Å². The van der Waals surface area contributed by atoms with E-state index in [9.17, 15) is 4.79 Å². The van der Waals surface area contributed by atoms with Crippen LogP contribution in [0, 0.1) is 5.92 Å². The number of guanidine groups is 1. The lowest BCUT2D eigenvalue weighted by Crippen LogP contribution is -2.33. The van der Waals surface area contributed by atoms with E-state index < -0.39 is 0 Å². The van der Waals surface area contributed by atoms with Crippen LogP contribution in [-0.4, -0.2) is 31.5 Å². The van der Waals surface area contributed by atoms with Crippen LogP contribution in [0.25, 0.3) is 0 Å². The number of carbonyl (C=O) groups excluding carboxylic acids is 1. The van der Waals surface area contributed by atoms with Crippen molar-refractivity contribution in [1.29, 1.82) is 0 Å². The third-order valence-corrected chi connectivity index (χ3v) is 2.28. The average molecular weight is 370 g/mol. The van der Waals surface area contributed by atoms with Gasteiger partial charge in [-0.2, -0.15) is 0 Å². The van der Waals surface area contributed by atoms with Gasteiger partial charge >= 0.3 is 0 Å². The fourth-order valence-corrected chi connectivity index (χ4v) is 1.14. The molecule has 1 amide bonds. The first-order valence-electron chi connectivity index (χ1n) is 6.39. The molecule has 0 rings (SSSR count). The molecule has 0 aromatic rings. The van der Waals surface area contributed by atoms with Gasteiger partial charge in [-0.25, -0.2) is 0 Å². The smallest absolute Gasteiger partial charge is 0.222 e. The number of nitrogens with two attached hydrogens (primary N) is 1. The van der Waals surface area contributed by atoms with Gasteiger partial charge in [-0.3, -0.25) is 9.79 Å². The van der Waals surface area contributed by atoms with Crippen molar-refractivity contribution in [2.24, 2.45) is 16.6 Å². The highest BCUT2D eigenvalue weighted by Gasteiger charge is 2.04. The fourth-order valence-electron chi connectivity index (χ4n) is 1.14. The van der Waals surface area contributed by atoms with Gasteiger partial charge in [0.1, 0.15) is 0 Å². The summed E-state index contributed by atoms with van der Waals surface area (Å²) in [5.41, 5.74) is 5.66. The van der Waals surface area contributed by atoms with Crippen LogP contribution in [-0.2, 0) is 4.79 Å². The molecule has 18 heavy (non-hydrogen) atoms. The Balaban J connectivity index is 0. The summed E-state index contributed by atoms with van der Waals surface area (Å²) in [6.07, 6.45) is 3.05. The summed E-state index contributed by atoms with van der Waals surface area (Å²) in [6.45, 7) is 8.06. The number of aliphatic imine (C=N–C) groups is 1. The topological polar surface area (TPSA) is 79.5 Å². The summed E-state index contributed by atoms with van der Waals surface area (Å²) >= 11 is 0. The predicted molar refractivity (Wildman–Crippen MR) is 87.3 cm³/mol. The lowest BCUT2D eigenvalue weighted by molar-refractivity contribution is -0.123. The molecule has 0 aromatic carbocycles. The van der Waals surface area contributed by atoms with Gasteiger partial charge in [-0.05, 0) is 12.8 Å². The van der Waals surface area contributed by atoms with E-state index in [2.05, 4.69) is 22.5 Å². The van der Waals surface area contributed by atoms with E-state index in [4.69, 9.17) is 5.73 Å². The maximum atomic E-state index is 11.2. The molecule has 0 unspecified atom stereocenters. The molecule has 0 bridgehead atoms. The molecule has 108 valence electrons. The molecular weight excluding hydrogens is 343 g/mol. The first-order valence-corrected chi connectivity index (χ1v) is 6.39. The lowest BCUT2D eigenvalue weighted by atomic mass is 10.2. The molecule has 0 spiro atoms. The van der Waals surface area contributed by atoms with Gasteiger partial charge in [-0.1, -0.05) is 27.2 Å². The Morgan fingerprint density at radius 3 is 2.39 bits per heavy atom. The number of rotatable bonds is 8. The van der Waals surface area contributed by atoms with Gasteiger partial charge in [0, 0.05) is 25.6 Å². The summed E-state index contributed by atoms with van der Waals surface area (Å²) < 4.78 is 0. The van der Waals surface area contributed by atoms with Gasteiger partial charge in [0.15, 0.2) is 5.96 Å². The fraction of sp³-hybridized carbons (Fsp3) is 0.833. The van der Waals surface area contributed by atoms with E-state index in [-0.39, 0.29) is 35.8 Å². The SMILES string of the molecule is CCCCNC(N)=NCCCNC(=O)C(C)C.I. The van der Waals surface area contributed by atoms with Gasteiger partial charge in [0.05, 0.1) is 0 Å².